The quantitative estimate of drug-likeness (QED) is 0.499. The van der Waals surface area contributed by atoms with Crippen molar-refractivity contribution in [1.82, 2.24) is 4.40 Å². The van der Waals surface area contributed by atoms with E-state index in [1.165, 1.54) is 22.4 Å². The van der Waals surface area contributed by atoms with Crippen molar-refractivity contribution in [3.8, 4) is 0 Å². The second kappa shape index (κ2) is 6.72. The molecule has 0 aliphatic heterocycles. The molecule has 24 heavy (non-hydrogen) atoms. The number of hydrogen-bond acceptors (Lipinski definition) is 1. The van der Waals surface area contributed by atoms with Crippen LogP contribution in [0.2, 0.25) is 0 Å². The molecule has 3 rings (SSSR count). The Bertz CT molecular complexity index is 937. The number of nitrogens with zero attached hydrogens (tertiary/aromatic N) is 1. The number of aryl methyl sites for hydroxylation is 2. The first kappa shape index (κ1) is 17.2. The van der Waals surface area contributed by atoms with Gasteiger partial charge in [-0.05, 0) is 60.6 Å². The molecular weight excluding hydrogens is 362 g/mol. The molecule has 2 aromatic heterocycles. The molecule has 0 saturated heterocycles. The van der Waals surface area contributed by atoms with Gasteiger partial charge >= 0.3 is 0 Å². The Morgan fingerprint density at radius 3 is 2.17 bits per heavy atom. The highest BCUT2D eigenvalue weighted by molar-refractivity contribution is 9.10. The molecule has 126 valence electrons. The number of fused-ring (bicyclic) bond motifs is 3. The van der Waals surface area contributed by atoms with Crippen molar-refractivity contribution in [2.75, 3.05) is 0 Å². The molecule has 0 spiro atoms. The van der Waals surface area contributed by atoms with E-state index < -0.39 is 0 Å². The SMILES string of the molecule is CCc1c(CC)c(CC)n2c(c1CC)c(C=O)c1cc(Br)ccc12. The van der Waals surface area contributed by atoms with Gasteiger partial charge in [0.25, 0.3) is 0 Å². The van der Waals surface area contributed by atoms with Crippen molar-refractivity contribution in [2.45, 2.75) is 53.4 Å². The zero-order valence-corrected chi connectivity index (χ0v) is 16.5. The Hall–Kier alpha value is -1.61. The zero-order valence-electron chi connectivity index (χ0n) is 14.9. The summed E-state index contributed by atoms with van der Waals surface area (Å²) < 4.78 is 3.36. The Morgan fingerprint density at radius 1 is 0.958 bits per heavy atom. The molecule has 0 saturated carbocycles. The number of halogens is 1. The third-order valence-electron chi connectivity index (χ3n) is 5.11. The number of carbonyl (C=O) groups excluding carboxylic acids is 1. The van der Waals surface area contributed by atoms with Crippen molar-refractivity contribution in [3.63, 3.8) is 0 Å². The van der Waals surface area contributed by atoms with Crippen LogP contribution < -0.4 is 0 Å². The Kier molecular flexibility index (Phi) is 4.82. The summed E-state index contributed by atoms with van der Waals surface area (Å²) in [4.78, 5) is 12.0. The molecule has 0 atom stereocenters. The number of benzene rings is 1. The standard InChI is InChI=1S/C21H24BrNO/c1-5-14-15(6-2)19(8-4)23-20-10-9-13(22)11-17(20)18(12-24)21(23)16(14)7-3/h9-12H,5-8H2,1-4H3. The van der Waals surface area contributed by atoms with Crippen LogP contribution in [-0.4, -0.2) is 10.7 Å². The second-order valence-electron chi connectivity index (χ2n) is 6.17. The van der Waals surface area contributed by atoms with Gasteiger partial charge in [-0.2, -0.15) is 0 Å². The van der Waals surface area contributed by atoms with E-state index in [0.717, 1.165) is 58.4 Å². The summed E-state index contributed by atoms with van der Waals surface area (Å²) in [5, 5.41) is 1.04. The number of hydrogen-bond donors (Lipinski definition) is 0. The highest BCUT2D eigenvalue weighted by atomic mass is 79.9. The van der Waals surface area contributed by atoms with Crippen molar-refractivity contribution in [3.05, 3.63) is 50.6 Å². The molecule has 0 unspecified atom stereocenters. The van der Waals surface area contributed by atoms with Crippen LogP contribution in [0.4, 0.5) is 0 Å². The maximum Gasteiger partial charge on any atom is 0.152 e. The first-order valence-corrected chi connectivity index (χ1v) is 9.66. The van der Waals surface area contributed by atoms with Crippen molar-refractivity contribution in [1.29, 1.82) is 0 Å². The lowest BCUT2D eigenvalue weighted by Crippen LogP contribution is -2.10. The lowest BCUT2D eigenvalue weighted by molar-refractivity contribution is 0.112. The molecule has 2 nitrogen and oxygen atoms in total. The number of aldehydes is 1. The molecule has 0 amide bonds. The minimum atomic E-state index is 0.829. The van der Waals surface area contributed by atoms with Crippen LogP contribution in [0.5, 0.6) is 0 Å². The monoisotopic (exact) mass is 385 g/mol. The van der Waals surface area contributed by atoms with Crippen molar-refractivity contribution < 1.29 is 4.79 Å². The van der Waals surface area contributed by atoms with Crippen molar-refractivity contribution >= 4 is 38.6 Å². The molecule has 0 bridgehead atoms. The first-order chi connectivity index (χ1) is 11.6. The minimum absolute atomic E-state index is 0.829. The van der Waals surface area contributed by atoms with Crippen LogP contribution in [0.15, 0.2) is 22.7 Å². The molecule has 2 heterocycles. The number of aromatic nitrogens is 1. The van der Waals surface area contributed by atoms with Gasteiger partial charge in [0.1, 0.15) is 0 Å². The molecule has 0 aliphatic carbocycles. The highest BCUT2D eigenvalue weighted by Crippen LogP contribution is 2.36. The molecule has 0 fully saturated rings. The van der Waals surface area contributed by atoms with E-state index in [0.29, 0.717) is 0 Å². The molecule has 0 radical (unpaired) electrons. The summed E-state index contributed by atoms with van der Waals surface area (Å²) in [5.74, 6) is 0. The summed E-state index contributed by atoms with van der Waals surface area (Å²) in [6.45, 7) is 8.87. The second-order valence-corrected chi connectivity index (χ2v) is 7.09. The third-order valence-corrected chi connectivity index (χ3v) is 5.61. The Labute approximate surface area is 152 Å². The topological polar surface area (TPSA) is 21.5 Å². The normalized spacial score (nSPS) is 11.5. The summed E-state index contributed by atoms with van der Waals surface area (Å²) in [6.07, 6.45) is 4.99. The third kappa shape index (κ3) is 2.33. The lowest BCUT2D eigenvalue weighted by Gasteiger charge is -2.20. The fourth-order valence-electron chi connectivity index (χ4n) is 4.22. The van der Waals surface area contributed by atoms with Gasteiger partial charge in [-0.1, -0.05) is 43.6 Å². The van der Waals surface area contributed by atoms with Gasteiger partial charge in [0.15, 0.2) is 6.29 Å². The Morgan fingerprint density at radius 2 is 1.62 bits per heavy atom. The maximum absolute atomic E-state index is 12.0. The number of rotatable bonds is 5. The predicted molar refractivity (Wildman–Crippen MR) is 106 cm³/mol. The molecule has 0 N–H and O–H groups in total. The molecule has 3 aromatic rings. The zero-order chi connectivity index (χ0) is 17.4. The van der Waals surface area contributed by atoms with Gasteiger partial charge in [-0.3, -0.25) is 4.79 Å². The minimum Gasteiger partial charge on any atom is -0.312 e. The van der Waals surface area contributed by atoms with Gasteiger partial charge in [-0.25, -0.2) is 0 Å². The van der Waals surface area contributed by atoms with Crippen LogP contribution >= 0.6 is 15.9 Å². The fourth-order valence-corrected chi connectivity index (χ4v) is 4.58. The smallest absolute Gasteiger partial charge is 0.152 e. The van der Waals surface area contributed by atoms with Crippen LogP contribution in [0.1, 0.15) is 60.4 Å². The average Bonchev–Trinajstić information content (AvgIpc) is 2.92. The van der Waals surface area contributed by atoms with Crippen LogP contribution in [-0.2, 0) is 25.7 Å². The van der Waals surface area contributed by atoms with E-state index in [1.54, 1.807) is 0 Å². The molecule has 1 aromatic carbocycles. The van der Waals surface area contributed by atoms with E-state index in [-0.39, 0.29) is 0 Å². The van der Waals surface area contributed by atoms with Crippen molar-refractivity contribution in [2.24, 2.45) is 0 Å². The van der Waals surface area contributed by atoms with Gasteiger partial charge in [0.05, 0.1) is 11.0 Å². The van der Waals surface area contributed by atoms with E-state index in [9.17, 15) is 4.79 Å². The lowest BCUT2D eigenvalue weighted by atomic mass is 9.92. The predicted octanol–water partition coefficient (Wildman–Crippen LogP) is 5.92. The summed E-state index contributed by atoms with van der Waals surface area (Å²) in [6, 6.07) is 6.26. The highest BCUT2D eigenvalue weighted by Gasteiger charge is 2.22. The van der Waals surface area contributed by atoms with Crippen LogP contribution in [0.25, 0.3) is 16.4 Å². The summed E-state index contributed by atoms with van der Waals surface area (Å²) >= 11 is 3.56. The van der Waals surface area contributed by atoms with Gasteiger partial charge < -0.3 is 4.40 Å². The first-order valence-electron chi connectivity index (χ1n) is 8.86. The van der Waals surface area contributed by atoms with E-state index >= 15 is 0 Å². The Balaban J connectivity index is 2.70. The van der Waals surface area contributed by atoms with Crippen LogP contribution in [0, 0.1) is 0 Å². The van der Waals surface area contributed by atoms with E-state index in [2.05, 4.69) is 66.2 Å². The van der Waals surface area contributed by atoms with Gasteiger partial charge in [0, 0.05) is 21.1 Å². The molecular formula is C21H24BrNO. The van der Waals surface area contributed by atoms with Crippen LogP contribution in [0.3, 0.4) is 0 Å². The largest absolute Gasteiger partial charge is 0.312 e. The number of pyridine rings is 1. The number of carbonyl (C=O) groups is 1. The maximum atomic E-state index is 12.0. The fraction of sp³-hybridized carbons (Fsp3) is 0.381. The summed E-state index contributed by atoms with van der Waals surface area (Å²) in [5.41, 5.74) is 8.67. The van der Waals surface area contributed by atoms with Gasteiger partial charge in [-0.15, -0.1) is 0 Å². The average molecular weight is 386 g/mol. The van der Waals surface area contributed by atoms with E-state index in [4.69, 9.17) is 0 Å². The van der Waals surface area contributed by atoms with Gasteiger partial charge in [0.2, 0.25) is 0 Å². The molecule has 0 aliphatic rings. The summed E-state index contributed by atoms with van der Waals surface area (Å²) in [7, 11) is 0. The van der Waals surface area contributed by atoms with E-state index in [1.807, 2.05) is 0 Å². The molecule has 3 heteroatoms.